The van der Waals surface area contributed by atoms with E-state index in [0.717, 1.165) is 11.4 Å². The van der Waals surface area contributed by atoms with E-state index in [1.165, 1.54) is 0 Å². The first kappa shape index (κ1) is 10.5. The molecule has 0 aliphatic rings. The SMILES string of the molecule is CC(C)Nc1nccc(-c2ccccn2)n1. The zero-order chi connectivity index (χ0) is 11.4. The Labute approximate surface area is 94.8 Å². The Morgan fingerprint density at radius 2 is 1.88 bits per heavy atom. The van der Waals surface area contributed by atoms with Crippen molar-refractivity contribution in [1.29, 1.82) is 0 Å². The molecule has 0 saturated carbocycles. The minimum absolute atomic E-state index is 0.319. The van der Waals surface area contributed by atoms with Crippen LogP contribution >= 0.6 is 0 Å². The highest BCUT2D eigenvalue weighted by molar-refractivity contribution is 5.54. The third kappa shape index (κ3) is 2.53. The first-order chi connectivity index (χ1) is 7.75. The van der Waals surface area contributed by atoms with Crippen LogP contribution in [0.3, 0.4) is 0 Å². The predicted molar refractivity (Wildman–Crippen MR) is 64.0 cm³/mol. The zero-order valence-corrected chi connectivity index (χ0v) is 9.38. The fraction of sp³-hybridized carbons (Fsp3) is 0.250. The summed E-state index contributed by atoms with van der Waals surface area (Å²) in [5, 5.41) is 3.16. The molecule has 0 unspecified atom stereocenters. The van der Waals surface area contributed by atoms with E-state index >= 15 is 0 Å². The Kier molecular flexibility index (Phi) is 3.10. The Hall–Kier alpha value is -1.97. The molecule has 1 N–H and O–H groups in total. The number of nitrogens with one attached hydrogen (secondary N) is 1. The summed E-state index contributed by atoms with van der Waals surface area (Å²) < 4.78 is 0. The lowest BCUT2D eigenvalue weighted by Gasteiger charge is -2.08. The van der Waals surface area contributed by atoms with E-state index in [0.29, 0.717) is 12.0 Å². The van der Waals surface area contributed by atoms with Crippen molar-refractivity contribution in [3.8, 4) is 11.4 Å². The second kappa shape index (κ2) is 4.70. The van der Waals surface area contributed by atoms with Crippen molar-refractivity contribution in [1.82, 2.24) is 15.0 Å². The molecular formula is C12H14N4. The summed E-state index contributed by atoms with van der Waals surface area (Å²) in [5.74, 6) is 0.637. The van der Waals surface area contributed by atoms with Crippen LogP contribution in [0.15, 0.2) is 36.7 Å². The molecule has 0 aromatic carbocycles. The Balaban J connectivity index is 2.29. The van der Waals surface area contributed by atoms with Crippen molar-refractivity contribution >= 4 is 5.95 Å². The molecule has 2 aromatic rings. The highest BCUT2D eigenvalue weighted by atomic mass is 15.1. The second-order valence-electron chi connectivity index (χ2n) is 3.78. The molecule has 4 heteroatoms. The number of anilines is 1. The minimum Gasteiger partial charge on any atom is -0.352 e. The standard InChI is InChI=1S/C12H14N4/c1-9(2)15-12-14-8-6-11(16-12)10-5-3-4-7-13-10/h3-9H,1-2H3,(H,14,15,16). The van der Waals surface area contributed by atoms with Gasteiger partial charge in [0.25, 0.3) is 0 Å². The van der Waals surface area contributed by atoms with Crippen molar-refractivity contribution in [2.24, 2.45) is 0 Å². The van der Waals surface area contributed by atoms with Crippen LogP contribution in [0, 0.1) is 0 Å². The molecule has 0 radical (unpaired) electrons. The lowest BCUT2D eigenvalue weighted by molar-refractivity contribution is 0.874. The average Bonchev–Trinajstić information content (AvgIpc) is 2.30. The second-order valence-corrected chi connectivity index (χ2v) is 3.78. The van der Waals surface area contributed by atoms with Gasteiger partial charge in [-0.05, 0) is 32.0 Å². The summed E-state index contributed by atoms with van der Waals surface area (Å²) in [6, 6.07) is 7.94. The largest absolute Gasteiger partial charge is 0.352 e. The van der Waals surface area contributed by atoms with Crippen LogP contribution in [0.4, 0.5) is 5.95 Å². The number of rotatable bonds is 3. The summed E-state index contributed by atoms with van der Waals surface area (Å²) >= 11 is 0. The molecule has 82 valence electrons. The van der Waals surface area contributed by atoms with Crippen molar-refractivity contribution in [2.45, 2.75) is 19.9 Å². The van der Waals surface area contributed by atoms with Crippen molar-refractivity contribution in [3.63, 3.8) is 0 Å². The van der Waals surface area contributed by atoms with E-state index in [-0.39, 0.29) is 0 Å². The molecule has 16 heavy (non-hydrogen) atoms. The Morgan fingerprint density at radius 3 is 2.56 bits per heavy atom. The molecule has 0 spiro atoms. The molecule has 2 rings (SSSR count). The van der Waals surface area contributed by atoms with Gasteiger partial charge in [0.1, 0.15) is 0 Å². The van der Waals surface area contributed by atoms with Gasteiger partial charge in [-0.15, -0.1) is 0 Å². The van der Waals surface area contributed by atoms with Gasteiger partial charge < -0.3 is 5.32 Å². The van der Waals surface area contributed by atoms with Gasteiger partial charge in [-0.3, -0.25) is 4.98 Å². The van der Waals surface area contributed by atoms with E-state index in [1.54, 1.807) is 12.4 Å². The quantitative estimate of drug-likeness (QED) is 0.852. The molecule has 2 heterocycles. The number of aromatic nitrogens is 3. The number of hydrogen-bond acceptors (Lipinski definition) is 4. The molecule has 4 nitrogen and oxygen atoms in total. The van der Waals surface area contributed by atoms with E-state index in [2.05, 4.69) is 34.1 Å². The maximum absolute atomic E-state index is 4.40. The molecule has 0 fully saturated rings. The van der Waals surface area contributed by atoms with Crippen LogP contribution in [0.2, 0.25) is 0 Å². The number of hydrogen-bond donors (Lipinski definition) is 1. The summed E-state index contributed by atoms with van der Waals surface area (Å²) in [6.07, 6.45) is 3.49. The van der Waals surface area contributed by atoms with Crippen molar-refractivity contribution < 1.29 is 0 Å². The third-order valence-electron chi connectivity index (χ3n) is 2.00. The Bertz CT molecular complexity index is 454. The molecule has 0 aliphatic heterocycles. The molecule has 0 atom stereocenters. The van der Waals surface area contributed by atoms with Crippen LogP contribution in [-0.4, -0.2) is 21.0 Å². The molecule has 0 saturated heterocycles. The smallest absolute Gasteiger partial charge is 0.223 e. The van der Waals surface area contributed by atoms with Crippen molar-refractivity contribution in [3.05, 3.63) is 36.7 Å². The summed E-state index contributed by atoms with van der Waals surface area (Å²) in [4.78, 5) is 12.8. The summed E-state index contributed by atoms with van der Waals surface area (Å²) in [7, 11) is 0. The van der Waals surface area contributed by atoms with Gasteiger partial charge in [0.05, 0.1) is 11.4 Å². The zero-order valence-electron chi connectivity index (χ0n) is 9.38. The third-order valence-corrected chi connectivity index (χ3v) is 2.00. The first-order valence-corrected chi connectivity index (χ1v) is 5.26. The van der Waals surface area contributed by atoms with Crippen LogP contribution in [0.5, 0.6) is 0 Å². The normalized spacial score (nSPS) is 10.4. The first-order valence-electron chi connectivity index (χ1n) is 5.26. The summed E-state index contributed by atoms with van der Waals surface area (Å²) in [5.41, 5.74) is 1.69. The van der Waals surface area contributed by atoms with Crippen LogP contribution in [-0.2, 0) is 0 Å². The van der Waals surface area contributed by atoms with Gasteiger partial charge in [-0.2, -0.15) is 0 Å². The summed E-state index contributed by atoms with van der Waals surface area (Å²) in [6.45, 7) is 4.10. The topological polar surface area (TPSA) is 50.7 Å². The van der Waals surface area contributed by atoms with Crippen LogP contribution < -0.4 is 5.32 Å². The molecule has 2 aromatic heterocycles. The lowest BCUT2D eigenvalue weighted by Crippen LogP contribution is -2.12. The number of nitrogens with zero attached hydrogens (tertiary/aromatic N) is 3. The molecule has 0 amide bonds. The monoisotopic (exact) mass is 214 g/mol. The fourth-order valence-electron chi connectivity index (χ4n) is 1.34. The minimum atomic E-state index is 0.319. The molecular weight excluding hydrogens is 200 g/mol. The maximum atomic E-state index is 4.40. The van der Waals surface area contributed by atoms with Gasteiger partial charge >= 0.3 is 0 Å². The van der Waals surface area contributed by atoms with Gasteiger partial charge in [-0.1, -0.05) is 6.07 Å². The highest BCUT2D eigenvalue weighted by Gasteiger charge is 2.03. The van der Waals surface area contributed by atoms with Gasteiger partial charge in [-0.25, -0.2) is 9.97 Å². The van der Waals surface area contributed by atoms with Crippen LogP contribution in [0.25, 0.3) is 11.4 Å². The van der Waals surface area contributed by atoms with E-state index in [9.17, 15) is 0 Å². The number of pyridine rings is 1. The maximum Gasteiger partial charge on any atom is 0.223 e. The van der Waals surface area contributed by atoms with E-state index < -0.39 is 0 Å². The van der Waals surface area contributed by atoms with Gasteiger partial charge in [0.2, 0.25) is 5.95 Å². The van der Waals surface area contributed by atoms with Crippen molar-refractivity contribution in [2.75, 3.05) is 5.32 Å². The van der Waals surface area contributed by atoms with Gasteiger partial charge in [0, 0.05) is 18.4 Å². The fourth-order valence-corrected chi connectivity index (χ4v) is 1.34. The molecule has 0 bridgehead atoms. The molecule has 0 aliphatic carbocycles. The lowest BCUT2D eigenvalue weighted by atomic mass is 10.2. The Morgan fingerprint density at radius 1 is 1.00 bits per heavy atom. The highest BCUT2D eigenvalue weighted by Crippen LogP contribution is 2.14. The predicted octanol–water partition coefficient (Wildman–Crippen LogP) is 2.36. The van der Waals surface area contributed by atoms with Gasteiger partial charge in [0.15, 0.2) is 0 Å². The van der Waals surface area contributed by atoms with E-state index in [4.69, 9.17) is 0 Å². The van der Waals surface area contributed by atoms with E-state index in [1.807, 2.05) is 24.3 Å². The average molecular weight is 214 g/mol. The van der Waals surface area contributed by atoms with Crippen LogP contribution in [0.1, 0.15) is 13.8 Å².